The van der Waals surface area contributed by atoms with Crippen LogP contribution in [-0.4, -0.2) is 41.5 Å². The summed E-state index contributed by atoms with van der Waals surface area (Å²) >= 11 is 0. The Morgan fingerprint density at radius 3 is 2.18 bits per heavy atom. The van der Waals surface area contributed by atoms with E-state index in [4.69, 9.17) is 0 Å². The van der Waals surface area contributed by atoms with Crippen molar-refractivity contribution in [1.82, 2.24) is 14.1 Å². The summed E-state index contributed by atoms with van der Waals surface area (Å²) in [6.07, 6.45) is 5.30. The van der Waals surface area contributed by atoms with Gasteiger partial charge in [-0.3, -0.25) is 9.59 Å². The van der Waals surface area contributed by atoms with Gasteiger partial charge in [-0.2, -0.15) is 9.40 Å². The summed E-state index contributed by atoms with van der Waals surface area (Å²) in [4.78, 5) is 25.2. The summed E-state index contributed by atoms with van der Waals surface area (Å²) in [5, 5.41) is 6.82. The van der Waals surface area contributed by atoms with Gasteiger partial charge in [0, 0.05) is 31.0 Å². The lowest BCUT2D eigenvalue weighted by Gasteiger charge is -2.20. The van der Waals surface area contributed by atoms with Gasteiger partial charge in [0.2, 0.25) is 15.5 Å². The first-order valence-electron chi connectivity index (χ1n) is 10.9. The maximum Gasteiger partial charge on any atom is 0.280 e. The highest BCUT2D eigenvalue weighted by Crippen LogP contribution is 2.22. The first-order valence-corrected chi connectivity index (χ1v) is 12.4. The third kappa shape index (κ3) is 5.20. The molecule has 1 amide bonds. The molecule has 33 heavy (non-hydrogen) atoms. The number of carbonyl (C=O) groups excluding carboxylic acids is 1. The highest BCUT2D eigenvalue weighted by atomic mass is 32.2. The van der Waals surface area contributed by atoms with Gasteiger partial charge in [0.1, 0.15) is 0 Å². The van der Waals surface area contributed by atoms with Gasteiger partial charge in [-0.05, 0) is 56.2 Å². The molecule has 1 fully saturated rings. The molecule has 2 heterocycles. The summed E-state index contributed by atoms with van der Waals surface area (Å²) in [5.74, 6) is -0.662. The van der Waals surface area contributed by atoms with Crippen molar-refractivity contribution >= 4 is 21.6 Å². The third-order valence-corrected chi connectivity index (χ3v) is 7.55. The topological polar surface area (TPSA) is 101 Å². The molecule has 0 spiro atoms. The number of rotatable bonds is 5. The van der Waals surface area contributed by atoms with Crippen molar-refractivity contribution in [2.75, 3.05) is 18.4 Å². The van der Waals surface area contributed by atoms with Gasteiger partial charge < -0.3 is 5.32 Å². The fraction of sp³-hybridized carbons (Fsp3) is 0.292. The van der Waals surface area contributed by atoms with Gasteiger partial charge in [-0.15, -0.1) is 0 Å². The van der Waals surface area contributed by atoms with E-state index >= 15 is 0 Å². The Hall–Kier alpha value is -3.30. The second-order valence-corrected chi connectivity index (χ2v) is 10.0. The molecular formula is C24H26N4O4S. The van der Waals surface area contributed by atoms with E-state index in [-0.39, 0.29) is 10.6 Å². The number of aromatic nitrogens is 2. The molecule has 4 rings (SSSR count). The maximum atomic E-state index is 12.9. The Morgan fingerprint density at radius 2 is 1.55 bits per heavy atom. The van der Waals surface area contributed by atoms with Crippen LogP contribution in [0.4, 0.5) is 5.69 Å². The number of hydrogen-bond acceptors (Lipinski definition) is 5. The molecule has 3 aromatic rings. The zero-order valence-corrected chi connectivity index (χ0v) is 19.2. The first-order chi connectivity index (χ1) is 15.8. The zero-order chi connectivity index (χ0) is 23.4. The molecule has 172 valence electrons. The third-order valence-electron chi connectivity index (χ3n) is 5.64. The van der Waals surface area contributed by atoms with Crippen molar-refractivity contribution in [3.05, 3.63) is 82.3 Å². The van der Waals surface area contributed by atoms with E-state index in [9.17, 15) is 18.0 Å². The largest absolute Gasteiger partial charge is 0.320 e. The molecule has 0 unspecified atom stereocenters. The molecule has 0 atom stereocenters. The van der Waals surface area contributed by atoms with E-state index in [2.05, 4.69) is 10.4 Å². The average Bonchev–Trinajstić information content (AvgIpc) is 3.11. The monoisotopic (exact) mass is 466 g/mol. The fourth-order valence-electron chi connectivity index (χ4n) is 3.74. The van der Waals surface area contributed by atoms with Gasteiger partial charge in [-0.25, -0.2) is 13.1 Å². The van der Waals surface area contributed by atoms with Crippen molar-refractivity contribution in [2.24, 2.45) is 0 Å². The lowest BCUT2D eigenvalue weighted by Crippen LogP contribution is -2.31. The van der Waals surface area contributed by atoms with Gasteiger partial charge in [0.05, 0.1) is 10.6 Å². The number of sulfonamides is 1. The standard InChI is InChI=1S/C24H26N4O4S/c1-18-6-10-20(11-7-18)28-17-14-22(29)23(26-28)24(30)25-19-8-12-21(13-9-19)33(31,32)27-15-4-2-3-5-16-27/h6-14,17H,2-5,15-16H2,1H3,(H,25,30). The SMILES string of the molecule is Cc1ccc(-n2ccc(=O)c(C(=O)Nc3ccc(S(=O)(=O)N4CCCCCC4)cc3)n2)cc1. The van der Waals surface area contributed by atoms with Crippen molar-refractivity contribution < 1.29 is 13.2 Å². The summed E-state index contributed by atoms with van der Waals surface area (Å²) in [6, 6.07) is 14.8. The van der Waals surface area contributed by atoms with Gasteiger partial charge in [0.15, 0.2) is 5.69 Å². The molecular weight excluding hydrogens is 440 g/mol. The molecule has 1 N–H and O–H groups in total. The van der Waals surface area contributed by atoms with Crippen LogP contribution in [0.1, 0.15) is 41.7 Å². The lowest BCUT2D eigenvalue weighted by atomic mass is 10.2. The van der Waals surface area contributed by atoms with Crippen LogP contribution in [0, 0.1) is 6.92 Å². The second kappa shape index (κ2) is 9.68. The Labute approximate surface area is 192 Å². The predicted octanol–water partition coefficient (Wildman–Crippen LogP) is 3.36. The minimum Gasteiger partial charge on any atom is -0.320 e. The van der Waals surface area contributed by atoms with Crippen LogP contribution in [0.25, 0.3) is 5.69 Å². The predicted molar refractivity (Wildman–Crippen MR) is 126 cm³/mol. The Kier molecular flexibility index (Phi) is 6.71. The minimum atomic E-state index is -3.57. The number of anilines is 1. The number of aryl methyl sites for hydroxylation is 1. The summed E-state index contributed by atoms with van der Waals surface area (Å²) in [6.45, 7) is 3.01. The molecule has 0 saturated carbocycles. The van der Waals surface area contributed by atoms with E-state index < -0.39 is 21.4 Å². The van der Waals surface area contributed by atoms with Crippen LogP contribution in [-0.2, 0) is 10.0 Å². The van der Waals surface area contributed by atoms with Crippen LogP contribution in [0.3, 0.4) is 0 Å². The summed E-state index contributed by atoms with van der Waals surface area (Å²) in [5.41, 5.74) is 1.43. The zero-order valence-electron chi connectivity index (χ0n) is 18.4. The molecule has 2 aromatic carbocycles. The quantitative estimate of drug-likeness (QED) is 0.621. The van der Waals surface area contributed by atoms with Crippen molar-refractivity contribution in [3.63, 3.8) is 0 Å². The minimum absolute atomic E-state index is 0.182. The highest BCUT2D eigenvalue weighted by molar-refractivity contribution is 7.89. The van der Waals surface area contributed by atoms with Crippen molar-refractivity contribution in [2.45, 2.75) is 37.5 Å². The maximum absolute atomic E-state index is 12.9. The van der Waals surface area contributed by atoms with Gasteiger partial charge >= 0.3 is 0 Å². The van der Waals surface area contributed by atoms with Crippen LogP contribution in [0.5, 0.6) is 0 Å². The summed E-state index contributed by atoms with van der Waals surface area (Å²) in [7, 11) is -3.57. The molecule has 1 aliphatic heterocycles. The molecule has 9 heteroatoms. The molecule has 0 bridgehead atoms. The average molecular weight is 467 g/mol. The van der Waals surface area contributed by atoms with Crippen LogP contribution < -0.4 is 10.7 Å². The summed E-state index contributed by atoms with van der Waals surface area (Å²) < 4.78 is 28.8. The first kappa shape index (κ1) is 22.9. The van der Waals surface area contributed by atoms with E-state index in [1.165, 1.54) is 45.5 Å². The Balaban J connectivity index is 1.51. The Bertz CT molecular complexity index is 1290. The van der Waals surface area contributed by atoms with Crippen LogP contribution in [0.2, 0.25) is 0 Å². The molecule has 0 radical (unpaired) electrons. The molecule has 1 aromatic heterocycles. The molecule has 8 nitrogen and oxygen atoms in total. The highest BCUT2D eigenvalue weighted by Gasteiger charge is 2.25. The van der Waals surface area contributed by atoms with Gasteiger partial charge in [-0.1, -0.05) is 30.5 Å². The van der Waals surface area contributed by atoms with Crippen LogP contribution >= 0.6 is 0 Å². The van der Waals surface area contributed by atoms with E-state index in [1.807, 2.05) is 31.2 Å². The number of nitrogens with one attached hydrogen (secondary N) is 1. The van der Waals surface area contributed by atoms with E-state index in [1.54, 1.807) is 0 Å². The van der Waals surface area contributed by atoms with Gasteiger partial charge in [0.25, 0.3) is 5.91 Å². The van der Waals surface area contributed by atoms with E-state index in [0.717, 1.165) is 36.9 Å². The lowest BCUT2D eigenvalue weighted by molar-refractivity contribution is 0.101. The smallest absolute Gasteiger partial charge is 0.280 e. The number of amides is 1. The fourth-order valence-corrected chi connectivity index (χ4v) is 5.25. The Morgan fingerprint density at radius 1 is 0.909 bits per heavy atom. The van der Waals surface area contributed by atoms with Crippen molar-refractivity contribution in [1.29, 1.82) is 0 Å². The molecule has 1 aliphatic rings. The number of nitrogens with zero attached hydrogens (tertiary/aromatic N) is 3. The van der Waals surface area contributed by atoms with E-state index in [0.29, 0.717) is 18.8 Å². The normalized spacial score (nSPS) is 15.1. The van der Waals surface area contributed by atoms with Crippen molar-refractivity contribution in [3.8, 4) is 5.69 Å². The molecule has 1 saturated heterocycles. The number of hydrogen-bond donors (Lipinski definition) is 1. The number of carbonyl (C=O) groups is 1. The number of benzene rings is 2. The van der Waals surface area contributed by atoms with Crippen LogP contribution in [0.15, 0.2) is 70.5 Å². The molecule has 0 aliphatic carbocycles. The second-order valence-electron chi connectivity index (χ2n) is 8.11.